The van der Waals surface area contributed by atoms with Crippen LogP contribution in [0.1, 0.15) is 145 Å². The molecule has 0 spiro atoms. The molecule has 422 valence electrons. The number of nitrogens with zero attached hydrogens (tertiary/aromatic N) is 1. The number of aliphatic hydroxyl groups is 4. The highest BCUT2D eigenvalue weighted by atomic mass is 16.5. The molecule has 3 aliphatic heterocycles. The zero-order valence-electron chi connectivity index (χ0n) is 46.9. The van der Waals surface area contributed by atoms with Crippen LogP contribution in [0.25, 0.3) is 0 Å². The molecule has 3 heterocycles. The van der Waals surface area contributed by atoms with Crippen molar-refractivity contribution in [1.29, 1.82) is 0 Å². The van der Waals surface area contributed by atoms with E-state index in [0.29, 0.717) is 38.5 Å². The van der Waals surface area contributed by atoms with Crippen LogP contribution in [-0.4, -0.2) is 116 Å². The molecule has 2 saturated heterocycles. The molecule has 76 heavy (non-hydrogen) atoms. The van der Waals surface area contributed by atoms with Gasteiger partial charge >= 0.3 is 5.97 Å². The minimum absolute atomic E-state index is 0.0113. The second-order valence-corrected chi connectivity index (χ2v) is 22.3. The van der Waals surface area contributed by atoms with Gasteiger partial charge in [0.2, 0.25) is 17.7 Å². The summed E-state index contributed by atoms with van der Waals surface area (Å²) in [6.07, 6.45) is 15.8. The number of aliphatic hydroxyl groups excluding tert-OH is 3. The Bertz CT molecular complexity index is 2240. The van der Waals surface area contributed by atoms with Gasteiger partial charge in [0, 0.05) is 43.6 Å². The zero-order chi connectivity index (χ0) is 56.3. The third kappa shape index (κ3) is 18.7. The summed E-state index contributed by atoms with van der Waals surface area (Å²) in [4.78, 5) is 81.5. The second kappa shape index (κ2) is 30.6. The van der Waals surface area contributed by atoms with E-state index in [0.717, 1.165) is 29.6 Å². The largest absolute Gasteiger partial charge is 0.456 e. The summed E-state index contributed by atoms with van der Waals surface area (Å²) in [6, 6.07) is 6.05. The Morgan fingerprint density at radius 2 is 1.64 bits per heavy atom. The molecule has 2 bridgehead atoms. The molecular weight excluding hydrogens is 967 g/mol. The minimum atomic E-state index is -1.40. The van der Waals surface area contributed by atoms with Crippen molar-refractivity contribution < 1.29 is 53.9 Å². The summed E-state index contributed by atoms with van der Waals surface area (Å²) in [7, 11) is 0. The molecule has 3 aliphatic rings. The van der Waals surface area contributed by atoms with Crippen LogP contribution in [0.4, 0.5) is 0 Å². The number of Topliss-reactive ketones (excluding diaryl/α,β-unsaturated/α-hetero) is 1. The fourth-order valence-electron chi connectivity index (χ4n) is 10.3. The van der Waals surface area contributed by atoms with E-state index >= 15 is 0 Å². The first-order chi connectivity index (χ1) is 36.0. The van der Waals surface area contributed by atoms with Crippen LogP contribution in [0, 0.1) is 41.4 Å². The maximum atomic E-state index is 14.5. The minimum Gasteiger partial charge on any atom is -0.456 e. The number of amides is 4. The Kier molecular flexibility index (Phi) is 25.5. The number of fused-ring (bicyclic) bond motifs is 2. The Morgan fingerprint density at radius 3 is 2.32 bits per heavy atom. The highest BCUT2D eigenvalue weighted by Crippen LogP contribution is 2.35. The number of nitrogens with one attached hydrogen (secondary N) is 4. The van der Waals surface area contributed by atoms with Crippen molar-refractivity contribution in [3.05, 3.63) is 95.6 Å². The van der Waals surface area contributed by atoms with Crippen LogP contribution >= 0.6 is 0 Å². The molecule has 1 aromatic carbocycles. The van der Waals surface area contributed by atoms with E-state index in [1.165, 1.54) is 18.0 Å². The molecule has 14 atom stereocenters. The SMILES string of the molecule is CCC1C[C@H](C)[C@@](O)(/C(C)=C\C(C)CCC(O)C(C)CC/C=C/C=C(\C)[C@@H]2C/C=C/C=C/[C@H](O)C(C)C(O)C(CCC(C)=O)C(=O)NC(C(C)C)C(=O)NC(Cc3ccccc3)C(=O)N3CCCC(N3)C(=O)O2)NC1=O. The number of rotatable bonds is 18. The summed E-state index contributed by atoms with van der Waals surface area (Å²) in [5.41, 5.74) is 3.94. The molecule has 16 heteroatoms. The number of cyclic esters (lactones) is 1. The third-order valence-electron chi connectivity index (χ3n) is 15.7. The number of hydrogen-bond donors (Lipinski definition) is 8. The Balaban J connectivity index is 1.52. The molecule has 1 aromatic rings. The predicted molar refractivity (Wildman–Crippen MR) is 294 cm³/mol. The highest BCUT2D eigenvalue weighted by Gasteiger charge is 2.44. The van der Waals surface area contributed by atoms with Crippen molar-refractivity contribution in [3.8, 4) is 0 Å². The van der Waals surface area contributed by atoms with E-state index in [9.17, 15) is 49.2 Å². The van der Waals surface area contributed by atoms with Gasteiger partial charge in [-0.15, -0.1) is 0 Å². The van der Waals surface area contributed by atoms with Crippen LogP contribution in [0.3, 0.4) is 0 Å². The van der Waals surface area contributed by atoms with E-state index < -0.39 is 89.7 Å². The van der Waals surface area contributed by atoms with Crippen LogP contribution in [0.5, 0.6) is 0 Å². The smallest absolute Gasteiger partial charge is 0.325 e. The molecular formula is C60H91N5O11. The average molecular weight is 1060 g/mol. The normalized spacial score (nSPS) is 31.2. The molecule has 8 N–H and O–H groups in total. The third-order valence-corrected chi connectivity index (χ3v) is 15.7. The number of ketones is 1. The predicted octanol–water partition coefficient (Wildman–Crippen LogP) is 6.63. The van der Waals surface area contributed by atoms with Gasteiger partial charge in [-0.05, 0) is 113 Å². The maximum Gasteiger partial charge on any atom is 0.325 e. The lowest BCUT2D eigenvalue weighted by molar-refractivity contribution is -0.156. The van der Waals surface area contributed by atoms with Crippen molar-refractivity contribution in [3.63, 3.8) is 0 Å². The van der Waals surface area contributed by atoms with Crippen molar-refractivity contribution in [2.24, 2.45) is 41.4 Å². The maximum absolute atomic E-state index is 14.5. The first-order valence-corrected chi connectivity index (χ1v) is 27.8. The summed E-state index contributed by atoms with van der Waals surface area (Å²) in [6.45, 7) is 18.5. The summed E-state index contributed by atoms with van der Waals surface area (Å²) in [5.74, 6) is -5.25. The van der Waals surface area contributed by atoms with Crippen LogP contribution in [0.2, 0.25) is 0 Å². The van der Waals surface area contributed by atoms with Crippen LogP contribution < -0.4 is 21.4 Å². The average Bonchev–Trinajstić information content (AvgIpc) is 3.38. The molecule has 0 aromatic heterocycles. The molecule has 4 rings (SSSR count). The van der Waals surface area contributed by atoms with Gasteiger partial charge in [-0.25, -0.2) is 5.43 Å². The molecule has 4 amide bonds. The van der Waals surface area contributed by atoms with Gasteiger partial charge in [-0.1, -0.05) is 127 Å². The van der Waals surface area contributed by atoms with Crippen molar-refractivity contribution in [2.45, 2.75) is 195 Å². The number of benzene rings is 1. The fraction of sp³-hybridized carbons (Fsp3) is 0.633. The highest BCUT2D eigenvalue weighted by molar-refractivity contribution is 5.93. The zero-order valence-corrected chi connectivity index (χ0v) is 46.9. The van der Waals surface area contributed by atoms with E-state index in [2.05, 4.69) is 28.3 Å². The van der Waals surface area contributed by atoms with E-state index in [-0.39, 0.29) is 67.6 Å². The summed E-state index contributed by atoms with van der Waals surface area (Å²) >= 11 is 0. The van der Waals surface area contributed by atoms with Crippen LogP contribution in [-0.2, 0) is 39.9 Å². The molecule has 0 saturated carbocycles. The van der Waals surface area contributed by atoms with Gasteiger partial charge < -0.3 is 45.9 Å². The van der Waals surface area contributed by atoms with Gasteiger partial charge in [0.05, 0.1) is 24.2 Å². The van der Waals surface area contributed by atoms with E-state index in [1.54, 1.807) is 39.0 Å². The molecule has 10 unspecified atom stereocenters. The molecule has 0 aliphatic carbocycles. The standard InChI is InChI=1S/C60H91N5O11/c1-11-46-35-42(8)60(75,63-55(46)70)41(7)34-38(4)29-32-50(67)39(5)22-15-12-16-23-40(6)52-28-20-14-19-27-51(68)44(10)54(69)47(31-30-43(9)66)56(71)62-53(37(2)3)57(72)61-49(36-45-24-17-13-18-25-45)58(73)65-33-21-26-48(64-65)59(74)76-52/h12-14,16-20,23-25,27,34,37-39,42,44,46-54,64,67-69,75H,11,15,21-22,26,28-33,35-36H2,1-10H3,(H,61,72)(H,62,71)(H,63,70)/b16-12+,20-14+,27-19+,40-23+,41-34-/t38?,39?,42-,44?,46?,47?,48?,49?,50?,51-,52-,53?,54?,60-/m0/s1. The van der Waals surface area contributed by atoms with Crippen molar-refractivity contribution in [1.82, 2.24) is 26.4 Å². The number of allylic oxidation sites excluding steroid dienone is 6. The molecule has 16 nitrogen and oxygen atoms in total. The van der Waals surface area contributed by atoms with Gasteiger partial charge in [-0.2, -0.15) is 0 Å². The Morgan fingerprint density at radius 1 is 0.934 bits per heavy atom. The Hall–Kier alpha value is -5.26. The number of piperidine rings is 1. The lowest BCUT2D eigenvalue weighted by Crippen LogP contribution is -2.62. The van der Waals surface area contributed by atoms with Gasteiger partial charge in [0.15, 0.2) is 5.72 Å². The van der Waals surface area contributed by atoms with Crippen molar-refractivity contribution in [2.75, 3.05) is 6.54 Å². The lowest BCUT2D eigenvalue weighted by atomic mass is 9.77. The molecule has 2 fully saturated rings. The van der Waals surface area contributed by atoms with Gasteiger partial charge in [0.25, 0.3) is 5.91 Å². The van der Waals surface area contributed by atoms with Gasteiger partial charge in [0.1, 0.15) is 30.0 Å². The number of ether oxygens (including phenoxy) is 1. The number of hydrogen-bond acceptors (Lipinski definition) is 12. The Labute approximate surface area is 452 Å². The topological polar surface area (TPSA) is 244 Å². The van der Waals surface area contributed by atoms with Gasteiger partial charge in [-0.3, -0.25) is 29.0 Å². The van der Waals surface area contributed by atoms with E-state index in [1.807, 2.05) is 89.3 Å². The summed E-state index contributed by atoms with van der Waals surface area (Å²) in [5, 5.41) is 55.2. The van der Waals surface area contributed by atoms with Crippen LogP contribution in [0.15, 0.2) is 90.1 Å². The molecule has 0 radical (unpaired) electrons. The first kappa shape index (κ1) is 63.3. The monoisotopic (exact) mass is 1060 g/mol. The number of carbonyl (C=O) groups is 6. The first-order valence-electron chi connectivity index (χ1n) is 27.8. The van der Waals surface area contributed by atoms with Crippen molar-refractivity contribution >= 4 is 35.4 Å². The second-order valence-electron chi connectivity index (χ2n) is 22.3. The van der Waals surface area contributed by atoms with E-state index in [4.69, 9.17) is 4.74 Å². The number of hydrazine groups is 1. The fourth-order valence-corrected chi connectivity index (χ4v) is 10.3. The number of esters is 1. The number of carbonyl (C=O) groups excluding carboxylic acids is 6. The lowest BCUT2D eigenvalue weighted by Gasteiger charge is -2.42. The quantitative estimate of drug-likeness (QED) is 0.0439. The summed E-state index contributed by atoms with van der Waals surface area (Å²) < 4.78 is 6.19.